The molecule has 0 amide bonds. The lowest BCUT2D eigenvalue weighted by Crippen LogP contribution is -1.96. The van der Waals surface area contributed by atoms with E-state index < -0.39 is 5.82 Å². The Morgan fingerprint density at radius 3 is 3.00 bits per heavy atom. The highest BCUT2D eigenvalue weighted by atomic mass is 35.5. The zero-order valence-electron chi connectivity index (χ0n) is 9.82. The molecule has 1 heterocycles. The zero-order chi connectivity index (χ0) is 13.7. The smallest absolute Gasteiger partial charge is 0.174 e. The number of aliphatic hydroxyl groups excluding tert-OH is 1. The number of para-hydroxylation sites is 1. The third kappa shape index (κ3) is 3.71. The molecule has 0 fully saturated rings. The average molecular weight is 297 g/mol. The van der Waals surface area contributed by atoms with Crippen molar-refractivity contribution < 1.29 is 14.2 Å². The van der Waals surface area contributed by atoms with E-state index >= 15 is 0 Å². The molecule has 0 aliphatic rings. The Kier molecular flexibility index (Phi) is 4.80. The van der Waals surface area contributed by atoms with Crippen LogP contribution in [0.4, 0.5) is 4.39 Å². The molecule has 0 radical (unpaired) electrons. The Morgan fingerprint density at radius 2 is 2.26 bits per heavy atom. The minimum atomic E-state index is -0.482. The van der Waals surface area contributed by atoms with Gasteiger partial charge in [0.2, 0.25) is 0 Å². The third-order valence-electron chi connectivity index (χ3n) is 2.24. The van der Waals surface area contributed by atoms with Gasteiger partial charge in [0.25, 0.3) is 0 Å². The lowest BCUT2D eigenvalue weighted by Gasteiger charge is -2.07. The molecule has 1 N–H and O–H groups in total. The van der Waals surface area contributed by atoms with Gasteiger partial charge in [-0.25, -0.2) is 4.39 Å². The van der Waals surface area contributed by atoms with Crippen molar-refractivity contribution in [2.45, 2.75) is 6.61 Å². The number of thiophene rings is 1. The molecule has 19 heavy (non-hydrogen) atoms. The highest BCUT2D eigenvalue weighted by molar-refractivity contribution is 7.10. The van der Waals surface area contributed by atoms with Crippen LogP contribution < -0.4 is 4.74 Å². The number of rotatable bonds is 3. The summed E-state index contributed by atoms with van der Waals surface area (Å²) in [5.41, 5.74) is 0.803. The maximum absolute atomic E-state index is 13.5. The second-order valence-corrected chi connectivity index (χ2v) is 5.00. The molecule has 5 heteroatoms. The maximum Gasteiger partial charge on any atom is 0.174 e. The van der Waals surface area contributed by atoms with Gasteiger partial charge in [-0.05, 0) is 18.2 Å². The number of hydrogen-bond acceptors (Lipinski definition) is 3. The molecular formula is C14H10ClFO2S. The summed E-state index contributed by atoms with van der Waals surface area (Å²) in [5, 5.41) is 10.7. The topological polar surface area (TPSA) is 29.5 Å². The van der Waals surface area contributed by atoms with Gasteiger partial charge in [0.05, 0.1) is 5.02 Å². The molecule has 0 atom stereocenters. The van der Waals surface area contributed by atoms with Gasteiger partial charge in [0.1, 0.15) is 13.2 Å². The molecule has 1 aromatic carbocycles. The van der Waals surface area contributed by atoms with Crippen LogP contribution in [-0.2, 0) is 6.61 Å². The second kappa shape index (κ2) is 6.58. The summed E-state index contributed by atoms with van der Waals surface area (Å²) >= 11 is 7.31. The van der Waals surface area contributed by atoms with E-state index in [0.717, 1.165) is 10.4 Å². The molecule has 2 rings (SSSR count). The van der Waals surface area contributed by atoms with Crippen molar-refractivity contribution >= 4 is 22.9 Å². The molecule has 0 aliphatic carbocycles. The van der Waals surface area contributed by atoms with E-state index in [9.17, 15) is 4.39 Å². The van der Waals surface area contributed by atoms with E-state index in [-0.39, 0.29) is 24.0 Å². The van der Waals surface area contributed by atoms with Crippen molar-refractivity contribution in [1.82, 2.24) is 0 Å². The van der Waals surface area contributed by atoms with Crippen LogP contribution in [0.25, 0.3) is 0 Å². The summed E-state index contributed by atoms with van der Waals surface area (Å²) in [4.78, 5) is 0.904. The molecule has 0 unspecified atom stereocenters. The third-order valence-corrected chi connectivity index (χ3v) is 3.45. The molecule has 2 aromatic rings. The minimum Gasteiger partial charge on any atom is -0.483 e. The highest BCUT2D eigenvalue weighted by Gasteiger charge is 2.08. The van der Waals surface area contributed by atoms with Gasteiger partial charge in [0, 0.05) is 15.8 Å². The van der Waals surface area contributed by atoms with Crippen LogP contribution >= 0.6 is 22.9 Å². The molecule has 0 saturated carbocycles. The average Bonchev–Trinajstić information content (AvgIpc) is 2.84. The minimum absolute atomic E-state index is 0.0561. The van der Waals surface area contributed by atoms with Crippen molar-refractivity contribution in [2.24, 2.45) is 0 Å². The fraction of sp³-hybridized carbons (Fsp3) is 0.143. The van der Waals surface area contributed by atoms with Crippen molar-refractivity contribution in [3.63, 3.8) is 0 Å². The first kappa shape index (κ1) is 13.9. The highest BCUT2D eigenvalue weighted by Crippen LogP contribution is 2.28. The van der Waals surface area contributed by atoms with Gasteiger partial charge < -0.3 is 9.84 Å². The molecule has 0 aliphatic heterocycles. The summed E-state index contributed by atoms with van der Waals surface area (Å²) in [6.07, 6.45) is 0. The lowest BCUT2D eigenvalue weighted by molar-refractivity contribution is 0.294. The van der Waals surface area contributed by atoms with Gasteiger partial charge in [0.15, 0.2) is 11.6 Å². The van der Waals surface area contributed by atoms with Crippen LogP contribution in [0.15, 0.2) is 29.6 Å². The normalized spacial score (nSPS) is 9.84. The van der Waals surface area contributed by atoms with E-state index in [1.54, 1.807) is 6.07 Å². The van der Waals surface area contributed by atoms with Crippen molar-refractivity contribution in [3.05, 3.63) is 50.9 Å². The number of halogens is 2. The Hall–Kier alpha value is -1.54. The Balaban J connectivity index is 2.04. The molecular weight excluding hydrogens is 287 g/mol. The summed E-state index contributed by atoms with van der Waals surface area (Å²) in [6, 6.07) is 6.24. The molecule has 1 aromatic heterocycles. The lowest BCUT2D eigenvalue weighted by atomic mass is 10.3. The zero-order valence-corrected chi connectivity index (χ0v) is 11.4. The number of benzene rings is 1. The first-order chi connectivity index (χ1) is 9.20. The number of aliphatic hydroxyl groups is 1. The van der Waals surface area contributed by atoms with Gasteiger partial charge in [-0.1, -0.05) is 29.5 Å². The quantitative estimate of drug-likeness (QED) is 0.879. The standard InChI is InChI=1S/C14H10ClFO2S/c15-12-4-1-5-13(16)14(12)18-8-11-7-10(9-19-11)3-2-6-17/h1,4-5,7,9,17H,6,8H2. The SMILES string of the molecule is OCC#Cc1csc(COc2c(F)cccc2Cl)c1. The van der Waals surface area contributed by atoms with E-state index in [1.807, 2.05) is 11.4 Å². The van der Waals surface area contributed by atoms with Gasteiger partial charge >= 0.3 is 0 Å². The van der Waals surface area contributed by atoms with Gasteiger partial charge in [-0.3, -0.25) is 0 Å². The van der Waals surface area contributed by atoms with Gasteiger partial charge in [-0.15, -0.1) is 11.3 Å². The molecule has 2 nitrogen and oxygen atoms in total. The monoisotopic (exact) mass is 296 g/mol. The Bertz CT molecular complexity index is 608. The summed E-state index contributed by atoms with van der Waals surface area (Å²) in [6.45, 7) is 0.0542. The summed E-state index contributed by atoms with van der Waals surface area (Å²) < 4.78 is 18.8. The van der Waals surface area contributed by atoms with E-state index in [4.69, 9.17) is 21.4 Å². The van der Waals surface area contributed by atoms with Gasteiger partial charge in [-0.2, -0.15) is 0 Å². The maximum atomic E-state index is 13.5. The number of hydrogen-bond donors (Lipinski definition) is 1. The van der Waals surface area contributed by atoms with Crippen LogP contribution in [0.2, 0.25) is 5.02 Å². The largest absolute Gasteiger partial charge is 0.483 e. The van der Waals surface area contributed by atoms with Crippen molar-refractivity contribution in [1.29, 1.82) is 0 Å². The van der Waals surface area contributed by atoms with E-state index in [2.05, 4.69) is 11.8 Å². The van der Waals surface area contributed by atoms with Crippen molar-refractivity contribution in [2.75, 3.05) is 6.61 Å². The fourth-order valence-corrected chi connectivity index (χ4v) is 2.37. The molecule has 0 spiro atoms. The fourth-order valence-electron chi connectivity index (χ4n) is 1.43. The summed E-state index contributed by atoms with van der Waals surface area (Å²) in [7, 11) is 0. The predicted octanol–water partition coefficient (Wildman–Crippen LogP) is 3.46. The van der Waals surface area contributed by atoms with Crippen LogP contribution in [0.5, 0.6) is 5.75 Å². The van der Waals surface area contributed by atoms with E-state index in [1.165, 1.54) is 23.5 Å². The van der Waals surface area contributed by atoms with Crippen LogP contribution in [0, 0.1) is 17.7 Å². The first-order valence-corrected chi connectivity index (χ1v) is 6.70. The first-order valence-electron chi connectivity index (χ1n) is 5.44. The predicted molar refractivity (Wildman–Crippen MR) is 74.0 cm³/mol. The molecule has 0 bridgehead atoms. The summed E-state index contributed by atoms with van der Waals surface area (Å²) in [5.74, 6) is 4.92. The second-order valence-electron chi connectivity index (χ2n) is 3.60. The van der Waals surface area contributed by atoms with Crippen LogP contribution in [-0.4, -0.2) is 11.7 Å². The Morgan fingerprint density at radius 1 is 1.42 bits per heavy atom. The van der Waals surface area contributed by atoms with Crippen molar-refractivity contribution in [3.8, 4) is 17.6 Å². The van der Waals surface area contributed by atoms with Crippen LogP contribution in [0.1, 0.15) is 10.4 Å². The Labute approximate surface area is 119 Å². The molecule has 0 saturated heterocycles. The van der Waals surface area contributed by atoms with E-state index in [0.29, 0.717) is 0 Å². The van der Waals surface area contributed by atoms with Crippen LogP contribution in [0.3, 0.4) is 0 Å². The molecule has 98 valence electrons. The number of ether oxygens (including phenoxy) is 1.